The van der Waals surface area contributed by atoms with Crippen LogP contribution in [0, 0.1) is 6.92 Å². The maximum atomic E-state index is 12.9. The summed E-state index contributed by atoms with van der Waals surface area (Å²) in [5, 5.41) is 7.75. The molecule has 0 aliphatic rings. The highest BCUT2D eigenvalue weighted by Gasteiger charge is 2.21. The third-order valence-electron chi connectivity index (χ3n) is 4.88. The van der Waals surface area contributed by atoms with Gasteiger partial charge in [-0.25, -0.2) is 9.67 Å². The summed E-state index contributed by atoms with van der Waals surface area (Å²) in [6, 6.07) is 10.2. The van der Waals surface area contributed by atoms with Gasteiger partial charge in [-0.15, -0.1) is 0 Å². The number of nitrogens with one attached hydrogen (secondary N) is 1. The molecule has 2 aromatic heterocycles. The van der Waals surface area contributed by atoms with Gasteiger partial charge in [0.15, 0.2) is 5.65 Å². The summed E-state index contributed by atoms with van der Waals surface area (Å²) in [6.07, 6.45) is 3.62. The number of aryl methyl sites for hydroxylation is 2. The average molecular weight is 396 g/mol. The lowest BCUT2D eigenvalue weighted by Crippen LogP contribution is -2.30. The van der Waals surface area contributed by atoms with Crippen LogP contribution in [-0.4, -0.2) is 31.8 Å². The minimum Gasteiger partial charge on any atom is -0.356 e. The molecule has 3 aromatic rings. The van der Waals surface area contributed by atoms with Crippen molar-refractivity contribution in [3.8, 4) is 0 Å². The molecule has 0 saturated heterocycles. The van der Waals surface area contributed by atoms with Crippen LogP contribution in [0.15, 0.2) is 41.3 Å². The van der Waals surface area contributed by atoms with Gasteiger partial charge in [0.05, 0.1) is 11.7 Å². The van der Waals surface area contributed by atoms with Gasteiger partial charge in [-0.3, -0.25) is 14.2 Å². The summed E-state index contributed by atoms with van der Waals surface area (Å²) >= 11 is 0. The predicted molar refractivity (Wildman–Crippen MR) is 114 cm³/mol. The van der Waals surface area contributed by atoms with E-state index in [2.05, 4.69) is 27.5 Å². The lowest BCUT2D eigenvalue weighted by atomic mass is 10.1. The number of benzene rings is 1. The Morgan fingerprint density at radius 3 is 2.59 bits per heavy atom. The summed E-state index contributed by atoms with van der Waals surface area (Å²) < 4.78 is 3.32. The topological polar surface area (TPSA) is 81.8 Å². The molecular formula is C22H29N5O2. The van der Waals surface area contributed by atoms with Crippen molar-refractivity contribution in [2.24, 2.45) is 0 Å². The van der Waals surface area contributed by atoms with Gasteiger partial charge < -0.3 is 5.32 Å². The van der Waals surface area contributed by atoms with E-state index in [1.54, 1.807) is 22.4 Å². The van der Waals surface area contributed by atoms with Gasteiger partial charge >= 0.3 is 0 Å². The Morgan fingerprint density at radius 1 is 1.17 bits per heavy atom. The molecule has 7 nitrogen and oxygen atoms in total. The van der Waals surface area contributed by atoms with Gasteiger partial charge in [0, 0.05) is 19.5 Å². The molecule has 3 rings (SSSR count). The standard InChI is InChI=1S/C22H29N5O2/c1-16-25-20-18(15-24-27(20)22(2,3)4)21(29)26(16)14-12-19(28)23-13-8-11-17-9-6-5-7-10-17/h5-7,9-10,15H,8,11-14H2,1-4H3,(H,23,28). The maximum Gasteiger partial charge on any atom is 0.264 e. The van der Waals surface area contributed by atoms with Gasteiger partial charge in [0.25, 0.3) is 5.56 Å². The first-order valence-electron chi connectivity index (χ1n) is 10.0. The summed E-state index contributed by atoms with van der Waals surface area (Å²) in [5.74, 6) is 0.528. The number of fused-ring (bicyclic) bond motifs is 1. The molecule has 0 saturated carbocycles. The van der Waals surface area contributed by atoms with E-state index in [4.69, 9.17) is 0 Å². The molecule has 0 aliphatic heterocycles. The summed E-state index contributed by atoms with van der Waals surface area (Å²) in [7, 11) is 0. The second-order valence-corrected chi connectivity index (χ2v) is 8.27. The van der Waals surface area contributed by atoms with Crippen LogP contribution in [0.5, 0.6) is 0 Å². The van der Waals surface area contributed by atoms with Gasteiger partial charge in [-0.05, 0) is 46.1 Å². The van der Waals surface area contributed by atoms with Gasteiger partial charge in [-0.1, -0.05) is 30.3 Å². The molecule has 29 heavy (non-hydrogen) atoms. The zero-order chi connectivity index (χ0) is 21.0. The first kappa shape index (κ1) is 20.8. The third kappa shape index (κ3) is 4.91. The van der Waals surface area contributed by atoms with Crippen LogP contribution in [0.2, 0.25) is 0 Å². The van der Waals surface area contributed by atoms with Crippen molar-refractivity contribution in [1.29, 1.82) is 0 Å². The normalized spacial score (nSPS) is 11.7. The first-order valence-corrected chi connectivity index (χ1v) is 10.0. The van der Waals surface area contributed by atoms with Crippen molar-refractivity contribution in [3.63, 3.8) is 0 Å². The second kappa shape index (κ2) is 8.59. The zero-order valence-electron chi connectivity index (χ0n) is 17.6. The number of aromatic nitrogens is 4. The molecule has 0 unspecified atom stereocenters. The summed E-state index contributed by atoms with van der Waals surface area (Å²) in [6.45, 7) is 8.77. The lowest BCUT2D eigenvalue weighted by Gasteiger charge is -2.20. The minimum atomic E-state index is -0.264. The molecule has 1 N–H and O–H groups in total. The van der Waals surface area contributed by atoms with Crippen LogP contribution in [-0.2, 0) is 23.3 Å². The van der Waals surface area contributed by atoms with Crippen LogP contribution in [0.3, 0.4) is 0 Å². The molecule has 0 aliphatic carbocycles. The zero-order valence-corrected chi connectivity index (χ0v) is 17.6. The Bertz CT molecular complexity index is 1040. The van der Waals surface area contributed by atoms with Gasteiger partial charge in [0.1, 0.15) is 11.2 Å². The molecular weight excluding hydrogens is 366 g/mol. The monoisotopic (exact) mass is 395 g/mol. The summed E-state index contributed by atoms with van der Waals surface area (Å²) in [4.78, 5) is 29.6. The van der Waals surface area contributed by atoms with Crippen molar-refractivity contribution in [2.75, 3.05) is 6.54 Å². The number of nitrogens with zero attached hydrogens (tertiary/aromatic N) is 4. The second-order valence-electron chi connectivity index (χ2n) is 8.27. The molecule has 2 heterocycles. The Balaban J connectivity index is 1.59. The smallest absolute Gasteiger partial charge is 0.264 e. The number of hydrogen-bond donors (Lipinski definition) is 1. The first-order chi connectivity index (χ1) is 13.8. The lowest BCUT2D eigenvalue weighted by molar-refractivity contribution is -0.121. The number of carbonyl (C=O) groups is 1. The average Bonchev–Trinajstić information content (AvgIpc) is 3.10. The minimum absolute atomic E-state index is 0.0603. The fraction of sp³-hybridized carbons (Fsp3) is 0.455. The van der Waals surface area contributed by atoms with Crippen LogP contribution in [0.4, 0.5) is 0 Å². The number of hydrogen-bond acceptors (Lipinski definition) is 4. The van der Waals surface area contributed by atoms with Crippen molar-refractivity contribution >= 4 is 16.9 Å². The molecule has 1 aromatic carbocycles. The molecule has 1 amide bonds. The number of amides is 1. The van der Waals surface area contributed by atoms with E-state index in [-0.39, 0.29) is 23.4 Å². The highest BCUT2D eigenvalue weighted by molar-refractivity contribution is 5.76. The SMILES string of the molecule is Cc1nc2c(cnn2C(C)(C)C)c(=O)n1CCC(=O)NCCCc1ccccc1. The quantitative estimate of drug-likeness (QED) is 0.624. The van der Waals surface area contributed by atoms with E-state index in [0.717, 1.165) is 12.8 Å². The van der Waals surface area contributed by atoms with Crippen molar-refractivity contribution in [2.45, 2.75) is 59.0 Å². The Labute approximate surface area is 170 Å². The van der Waals surface area contributed by atoms with Gasteiger partial charge in [-0.2, -0.15) is 5.10 Å². The van der Waals surface area contributed by atoms with Crippen LogP contribution < -0.4 is 10.9 Å². The Morgan fingerprint density at radius 2 is 1.90 bits per heavy atom. The third-order valence-corrected chi connectivity index (χ3v) is 4.88. The number of carbonyl (C=O) groups excluding carboxylic acids is 1. The van der Waals surface area contributed by atoms with Crippen LogP contribution in [0.1, 0.15) is 45.0 Å². The Kier molecular flexibility index (Phi) is 6.15. The van der Waals surface area contributed by atoms with Crippen molar-refractivity contribution in [1.82, 2.24) is 24.6 Å². The molecule has 0 spiro atoms. The van der Waals surface area contributed by atoms with E-state index in [1.165, 1.54) is 5.56 Å². The van der Waals surface area contributed by atoms with Crippen molar-refractivity contribution in [3.05, 3.63) is 58.3 Å². The molecule has 0 atom stereocenters. The van der Waals surface area contributed by atoms with Gasteiger partial charge in [0.2, 0.25) is 5.91 Å². The Hall–Kier alpha value is -2.96. The molecule has 0 fully saturated rings. The fourth-order valence-corrected chi connectivity index (χ4v) is 3.33. The largest absolute Gasteiger partial charge is 0.356 e. The number of rotatable bonds is 7. The van der Waals surface area contributed by atoms with E-state index < -0.39 is 0 Å². The predicted octanol–water partition coefficient (Wildman–Crippen LogP) is 2.80. The van der Waals surface area contributed by atoms with E-state index >= 15 is 0 Å². The molecule has 154 valence electrons. The highest BCUT2D eigenvalue weighted by Crippen LogP contribution is 2.18. The van der Waals surface area contributed by atoms with Crippen molar-refractivity contribution < 1.29 is 4.79 Å². The van der Waals surface area contributed by atoms with Crippen LogP contribution in [0.25, 0.3) is 11.0 Å². The van der Waals surface area contributed by atoms with E-state index in [1.807, 2.05) is 39.0 Å². The molecule has 0 bridgehead atoms. The van der Waals surface area contributed by atoms with E-state index in [0.29, 0.717) is 29.9 Å². The van der Waals surface area contributed by atoms with Crippen LogP contribution >= 0.6 is 0 Å². The highest BCUT2D eigenvalue weighted by atomic mass is 16.1. The van der Waals surface area contributed by atoms with E-state index in [9.17, 15) is 9.59 Å². The summed E-state index contributed by atoms with van der Waals surface area (Å²) in [5.41, 5.74) is 1.43. The fourth-order valence-electron chi connectivity index (χ4n) is 3.33. The molecule has 7 heteroatoms. The molecule has 0 radical (unpaired) electrons. The maximum absolute atomic E-state index is 12.9.